The molecule has 4 nitrogen and oxygen atoms in total. The highest BCUT2D eigenvalue weighted by molar-refractivity contribution is 6.23. The fraction of sp³-hybridized carbons (Fsp3) is 0.133. The highest BCUT2D eigenvalue weighted by Crippen LogP contribution is 2.41. The summed E-state index contributed by atoms with van der Waals surface area (Å²) in [5.41, 5.74) is 9.38. The Hall–Kier alpha value is -2.67. The van der Waals surface area contributed by atoms with Gasteiger partial charge in [-0.2, -0.15) is 5.26 Å². The summed E-state index contributed by atoms with van der Waals surface area (Å²) >= 11 is 0. The Balaban J connectivity index is 2.49. The van der Waals surface area contributed by atoms with Crippen LogP contribution >= 0.6 is 0 Å². The van der Waals surface area contributed by atoms with E-state index in [0.29, 0.717) is 34.4 Å². The van der Waals surface area contributed by atoms with Crippen LogP contribution in [-0.2, 0) is 6.42 Å². The molecule has 2 aromatic rings. The van der Waals surface area contributed by atoms with Gasteiger partial charge in [-0.3, -0.25) is 4.79 Å². The summed E-state index contributed by atoms with van der Waals surface area (Å²) in [5.74, 6) is 0.133. The molecule has 0 saturated heterocycles. The SMILES string of the molecule is CCc1nc(N)c(C#N)c2c1C(=O)c1ccccc1-2. The van der Waals surface area contributed by atoms with Gasteiger partial charge in [-0.15, -0.1) is 0 Å². The lowest BCUT2D eigenvalue weighted by molar-refractivity contribution is 0.104. The Kier molecular flexibility index (Phi) is 2.36. The molecule has 0 aliphatic heterocycles. The van der Waals surface area contributed by atoms with Crippen molar-refractivity contribution in [2.24, 2.45) is 0 Å². The van der Waals surface area contributed by atoms with Crippen molar-refractivity contribution < 1.29 is 4.79 Å². The molecule has 0 amide bonds. The quantitative estimate of drug-likeness (QED) is 0.717. The zero-order valence-corrected chi connectivity index (χ0v) is 10.4. The third kappa shape index (κ3) is 1.39. The second-order valence-corrected chi connectivity index (χ2v) is 4.41. The van der Waals surface area contributed by atoms with Crippen LogP contribution in [0.5, 0.6) is 0 Å². The summed E-state index contributed by atoms with van der Waals surface area (Å²) in [7, 11) is 0. The molecule has 3 rings (SSSR count). The first-order valence-corrected chi connectivity index (χ1v) is 6.05. The van der Waals surface area contributed by atoms with E-state index >= 15 is 0 Å². The topological polar surface area (TPSA) is 79.8 Å². The molecule has 0 radical (unpaired) electrons. The van der Waals surface area contributed by atoms with E-state index in [4.69, 9.17) is 5.73 Å². The van der Waals surface area contributed by atoms with Crippen LogP contribution in [0.25, 0.3) is 11.1 Å². The third-order valence-electron chi connectivity index (χ3n) is 3.41. The Morgan fingerprint density at radius 2 is 1.95 bits per heavy atom. The van der Waals surface area contributed by atoms with E-state index in [2.05, 4.69) is 11.1 Å². The smallest absolute Gasteiger partial charge is 0.196 e. The number of pyridine rings is 1. The minimum Gasteiger partial charge on any atom is -0.383 e. The second-order valence-electron chi connectivity index (χ2n) is 4.41. The number of anilines is 1. The number of fused-ring (bicyclic) bond motifs is 3. The average molecular weight is 249 g/mol. The zero-order valence-electron chi connectivity index (χ0n) is 10.4. The molecular formula is C15H11N3O. The molecule has 19 heavy (non-hydrogen) atoms. The summed E-state index contributed by atoms with van der Waals surface area (Å²) < 4.78 is 0. The van der Waals surface area contributed by atoms with Crippen LogP contribution in [0.3, 0.4) is 0 Å². The van der Waals surface area contributed by atoms with Crippen LogP contribution in [-0.4, -0.2) is 10.8 Å². The molecule has 0 unspecified atom stereocenters. The van der Waals surface area contributed by atoms with Crippen molar-refractivity contribution in [1.82, 2.24) is 4.98 Å². The van der Waals surface area contributed by atoms with E-state index in [1.807, 2.05) is 25.1 Å². The molecule has 4 heteroatoms. The second kappa shape index (κ2) is 3.92. The monoisotopic (exact) mass is 249 g/mol. The third-order valence-corrected chi connectivity index (χ3v) is 3.41. The van der Waals surface area contributed by atoms with Gasteiger partial charge in [0.2, 0.25) is 0 Å². The van der Waals surface area contributed by atoms with Gasteiger partial charge in [-0.1, -0.05) is 31.2 Å². The fourth-order valence-electron chi connectivity index (χ4n) is 2.57. The summed E-state index contributed by atoms with van der Waals surface area (Å²) in [6.07, 6.45) is 0.609. The molecule has 1 aliphatic rings. The number of carbonyl (C=O) groups excluding carboxylic acids is 1. The summed E-state index contributed by atoms with van der Waals surface area (Å²) in [4.78, 5) is 16.7. The normalized spacial score (nSPS) is 11.9. The molecule has 2 N–H and O–H groups in total. The van der Waals surface area contributed by atoms with Crippen molar-refractivity contribution in [3.63, 3.8) is 0 Å². The first-order chi connectivity index (χ1) is 9.19. The Morgan fingerprint density at radius 1 is 1.26 bits per heavy atom. The van der Waals surface area contributed by atoms with Crippen LogP contribution in [0.15, 0.2) is 24.3 Å². The number of benzene rings is 1. The van der Waals surface area contributed by atoms with E-state index < -0.39 is 0 Å². The molecular weight excluding hydrogens is 238 g/mol. The molecule has 0 fully saturated rings. The Morgan fingerprint density at radius 3 is 2.58 bits per heavy atom. The van der Waals surface area contributed by atoms with Gasteiger partial charge in [0.25, 0.3) is 0 Å². The number of hydrogen-bond donors (Lipinski definition) is 1. The van der Waals surface area contributed by atoms with Crippen LogP contribution in [0.2, 0.25) is 0 Å². The van der Waals surface area contributed by atoms with E-state index in [-0.39, 0.29) is 11.6 Å². The number of rotatable bonds is 1. The van der Waals surface area contributed by atoms with Gasteiger partial charge in [0, 0.05) is 11.1 Å². The van der Waals surface area contributed by atoms with Gasteiger partial charge >= 0.3 is 0 Å². The molecule has 0 bridgehead atoms. The van der Waals surface area contributed by atoms with Crippen LogP contribution in [0.1, 0.15) is 34.1 Å². The van der Waals surface area contributed by atoms with Crippen molar-refractivity contribution in [2.45, 2.75) is 13.3 Å². The van der Waals surface area contributed by atoms with E-state index in [9.17, 15) is 10.1 Å². The van der Waals surface area contributed by atoms with Gasteiger partial charge in [-0.05, 0) is 12.0 Å². The highest BCUT2D eigenvalue weighted by atomic mass is 16.1. The molecule has 1 aromatic heterocycles. The van der Waals surface area contributed by atoms with Gasteiger partial charge in [-0.25, -0.2) is 4.98 Å². The summed E-state index contributed by atoms with van der Waals surface area (Å²) in [5, 5.41) is 9.28. The number of nitrogens with two attached hydrogens (primary N) is 1. The lowest BCUT2D eigenvalue weighted by Gasteiger charge is -2.09. The Labute approximate surface area is 110 Å². The lowest BCUT2D eigenvalue weighted by Crippen LogP contribution is -2.07. The van der Waals surface area contributed by atoms with Gasteiger partial charge in [0.1, 0.15) is 17.5 Å². The van der Waals surface area contributed by atoms with Crippen molar-refractivity contribution in [3.8, 4) is 17.2 Å². The molecule has 1 aromatic carbocycles. The van der Waals surface area contributed by atoms with E-state index in [1.165, 1.54) is 0 Å². The van der Waals surface area contributed by atoms with E-state index in [0.717, 1.165) is 5.56 Å². The number of aryl methyl sites for hydroxylation is 1. The van der Waals surface area contributed by atoms with Crippen molar-refractivity contribution >= 4 is 11.6 Å². The van der Waals surface area contributed by atoms with Crippen LogP contribution in [0.4, 0.5) is 5.82 Å². The summed E-state index contributed by atoms with van der Waals surface area (Å²) in [6.45, 7) is 1.92. The Bertz CT molecular complexity index is 757. The molecule has 0 spiro atoms. The predicted molar refractivity (Wildman–Crippen MR) is 71.6 cm³/mol. The minimum atomic E-state index is -0.0635. The molecule has 0 atom stereocenters. The standard InChI is InChI=1S/C15H11N3O/c1-2-11-13-12(10(7-16)15(17)18-11)8-5-3-4-6-9(8)14(13)19/h3-6H,2H2,1H3,(H2,17,18). The van der Waals surface area contributed by atoms with Crippen LogP contribution in [0, 0.1) is 11.3 Å². The molecule has 1 heterocycles. The number of nitrogen functional groups attached to an aromatic ring is 1. The largest absolute Gasteiger partial charge is 0.383 e. The molecule has 1 aliphatic carbocycles. The van der Waals surface area contributed by atoms with E-state index in [1.54, 1.807) is 6.07 Å². The number of ketones is 1. The van der Waals surface area contributed by atoms with Crippen molar-refractivity contribution in [2.75, 3.05) is 5.73 Å². The van der Waals surface area contributed by atoms with Crippen LogP contribution < -0.4 is 5.73 Å². The van der Waals surface area contributed by atoms with Gasteiger partial charge in [0.15, 0.2) is 5.78 Å². The minimum absolute atomic E-state index is 0.0635. The number of nitrogens with zero attached hydrogens (tertiary/aromatic N) is 2. The predicted octanol–water partition coefficient (Wildman–Crippen LogP) is 2.31. The van der Waals surface area contributed by atoms with Gasteiger partial charge in [0.05, 0.1) is 11.3 Å². The lowest BCUT2D eigenvalue weighted by atomic mass is 9.99. The molecule has 92 valence electrons. The number of nitriles is 1. The maximum atomic E-state index is 12.5. The van der Waals surface area contributed by atoms with Crippen molar-refractivity contribution in [3.05, 3.63) is 46.6 Å². The maximum absolute atomic E-state index is 12.5. The van der Waals surface area contributed by atoms with Gasteiger partial charge < -0.3 is 5.73 Å². The number of aromatic nitrogens is 1. The van der Waals surface area contributed by atoms with Crippen molar-refractivity contribution in [1.29, 1.82) is 5.26 Å². The maximum Gasteiger partial charge on any atom is 0.196 e. The first kappa shape index (κ1) is 11.4. The number of carbonyl (C=O) groups is 1. The first-order valence-electron chi connectivity index (χ1n) is 6.05. The number of hydrogen-bond acceptors (Lipinski definition) is 4. The molecule has 0 saturated carbocycles. The fourth-order valence-corrected chi connectivity index (χ4v) is 2.57. The highest BCUT2D eigenvalue weighted by Gasteiger charge is 2.32. The average Bonchev–Trinajstić information content (AvgIpc) is 2.73. The summed E-state index contributed by atoms with van der Waals surface area (Å²) in [6, 6.07) is 9.36. The zero-order chi connectivity index (χ0) is 13.6.